The number of rotatable bonds is 8. The predicted molar refractivity (Wildman–Crippen MR) is 117 cm³/mol. The van der Waals surface area contributed by atoms with Gasteiger partial charge in [-0.25, -0.2) is 4.98 Å². The molecule has 0 bridgehead atoms. The number of carbonyl (C=O) groups excluding carboxylic acids is 1. The third-order valence-corrected chi connectivity index (χ3v) is 5.09. The molecule has 2 N–H and O–H groups in total. The van der Waals surface area contributed by atoms with Crippen LogP contribution in [0.5, 0.6) is 0 Å². The van der Waals surface area contributed by atoms with E-state index >= 15 is 0 Å². The van der Waals surface area contributed by atoms with E-state index < -0.39 is 0 Å². The van der Waals surface area contributed by atoms with Gasteiger partial charge in [-0.15, -0.1) is 11.8 Å². The van der Waals surface area contributed by atoms with Crippen molar-refractivity contribution in [1.82, 2.24) is 14.7 Å². The number of nitrogens with zero attached hydrogens (tertiary/aromatic N) is 2. The molecular weight excluding hydrogens is 392 g/mol. The molecule has 0 aliphatic heterocycles. The summed E-state index contributed by atoms with van der Waals surface area (Å²) in [4.78, 5) is 16.2. The van der Waals surface area contributed by atoms with Gasteiger partial charge in [0, 0.05) is 24.2 Å². The van der Waals surface area contributed by atoms with Crippen molar-refractivity contribution < 1.29 is 9.53 Å². The molecule has 0 radical (unpaired) electrons. The number of fused-ring (bicyclic) bond motifs is 1. The Morgan fingerprint density at radius 2 is 2.04 bits per heavy atom. The van der Waals surface area contributed by atoms with Gasteiger partial charge in [0.25, 0.3) is 0 Å². The summed E-state index contributed by atoms with van der Waals surface area (Å²) in [6, 6.07) is 15.8. The van der Waals surface area contributed by atoms with E-state index in [0.29, 0.717) is 17.4 Å². The Labute approximate surface area is 173 Å². The first-order chi connectivity index (χ1) is 13.7. The van der Waals surface area contributed by atoms with Gasteiger partial charge in [0.1, 0.15) is 5.65 Å². The molecular formula is C20H22N4O2S2. The van der Waals surface area contributed by atoms with E-state index in [1.54, 1.807) is 18.7 Å². The molecule has 0 saturated heterocycles. The maximum Gasteiger partial charge on any atom is 0.311 e. The van der Waals surface area contributed by atoms with Gasteiger partial charge in [0.2, 0.25) is 0 Å². The third-order valence-electron chi connectivity index (χ3n) is 3.80. The molecule has 3 rings (SSSR count). The second-order valence-electron chi connectivity index (χ2n) is 5.90. The first-order valence-corrected chi connectivity index (χ1v) is 10.4. The molecule has 0 atom stereocenters. The molecule has 6 nitrogen and oxygen atoms in total. The number of carbonyl (C=O) groups is 1. The zero-order valence-corrected chi connectivity index (χ0v) is 17.2. The largest absolute Gasteiger partial charge is 0.466 e. The number of benzene rings is 1. The summed E-state index contributed by atoms with van der Waals surface area (Å²) in [7, 11) is 0. The highest BCUT2D eigenvalue weighted by molar-refractivity contribution is 7.99. The van der Waals surface area contributed by atoms with Gasteiger partial charge in [0.15, 0.2) is 5.11 Å². The minimum atomic E-state index is -0.260. The Morgan fingerprint density at radius 1 is 1.21 bits per heavy atom. The van der Waals surface area contributed by atoms with Crippen LogP contribution in [0, 0.1) is 0 Å². The lowest BCUT2D eigenvalue weighted by Crippen LogP contribution is -2.30. The number of anilines is 1. The first kappa shape index (κ1) is 20.2. The van der Waals surface area contributed by atoms with Crippen molar-refractivity contribution in [1.29, 1.82) is 0 Å². The highest BCUT2D eigenvalue weighted by Crippen LogP contribution is 2.20. The molecule has 0 unspecified atom stereocenters. The number of thiocarbonyl (C=S) groups is 1. The summed E-state index contributed by atoms with van der Waals surface area (Å²) in [6.07, 6.45) is 2.07. The summed E-state index contributed by atoms with van der Waals surface area (Å²) >= 11 is 7.02. The monoisotopic (exact) mass is 414 g/mol. The van der Waals surface area contributed by atoms with Crippen LogP contribution in [-0.2, 0) is 16.0 Å². The molecule has 0 aliphatic carbocycles. The molecule has 0 saturated carbocycles. The fraction of sp³-hybridized carbons (Fsp3) is 0.250. The van der Waals surface area contributed by atoms with Crippen molar-refractivity contribution in [2.75, 3.05) is 24.2 Å². The number of aromatic nitrogens is 2. The number of nitrogens with one attached hydrogen (secondary N) is 2. The Bertz CT molecular complexity index is 944. The smallest absolute Gasteiger partial charge is 0.311 e. The minimum absolute atomic E-state index is 0.181. The lowest BCUT2D eigenvalue weighted by molar-refractivity contribution is -0.142. The molecule has 2 heterocycles. The molecule has 1 aromatic carbocycles. The van der Waals surface area contributed by atoms with E-state index in [4.69, 9.17) is 17.0 Å². The van der Waals surface area contributed by atoms with E-state index in [0.717, 1.165) is 28.7 Å². The zero-order valence-electron chi connectivity index (χ0n) is 15.6. The SMILES string of the molecule is CCOC(=O)Cc1cn2c(SCCNC(=S)Nc3ccccc3)cccc2n1. The second kappa shape index (κ2) is 10.1. The van der Waals surface area contributed by atoms with Crippen molar-refractivity contribution in [3.05, 3.63) is 60.4 Å². The van der Waals surface area contributed by atoms with Crippen molar-refractivity contribution in [2.24, 2.45) is 0 Å². The number of hydrogen-bond donors (Lipinski definition) is 2. The Morgan fingerprint density at radius 3 is 2.82 bits per heavy atom. The number of hydrogen-bond acceptors (Lipinski definition) is 5. The number of pyridine rings is 1. The number of ether oxygens (including phenoxy) is 1. The van der Waals surface area contributed by atoms with Crippen LogP contribution in [0.15, 0.2) is 59.8 Å². The van der Waals surface area contributed by atoms with Crippen LogP contribution in [0.1, 0.15) is 12.6 Å². The molecule has 3 aromatic rings. The van der Waals surface area contributed by atoms with Gasteiger partial charge < -0.3 is 15.4 Å². The van der Waals surface area contributed by atoms with Gasteiger partial charge in [-0.1, -0.05) is 24.3 Å². The van der Waals surface area contributed by atoms with Crippen molar-refractivity contribution in [3.63, 3.8) is 0 Å². The zero-order chi connectivity index (χ0) is 19.8. The topological polar surface area (TPSA) is 67.7 Å². The Hall–Kier alpha value is -2.58. The predicted octanol–water partition coefficient (Wildman–Crippen LogP) is 3.52. The van der Waals surface area contributed by atoms with E-state index in [2.05, 4.69) is 15.6 Å². The third kappa shape index (κ3) is 5.71. The summed E-state index contributed by atoms with van der Waals surface area (Å²) in [5, 5.41) is 8.02. The highest BCUT2D eigenvalue weighted by Gasteiger charge is 2.10. The fourth-order valence-corrected chi connectivity index (χ4v) is 3.71. The molecule has 28 heavy (non-hydrogen) atoms. The number of para-hydroxylation sites is 1. The van der Waals surface area contributed by atoms with E-state index in [1.165, 1.54) is 0 Å². The quantitative estimate of drug-likeness (QED) is 0.253. The van der Waals surface area contributed by atoms with Gasteiger partial charge in [-0.3, -0.25) is 9.20 Å². The Kier molecular flexibility index (Phi) is 7.27. The Balaban J connectivity index is 1.52. The number of esters is 1. The summed E-state index contributed by atoms with van der Waals surface area (Å²) in [5.74, 6) is 0.574. The van der Waals surface area contributed by atoms with Crippen LogP contribution < -0.4 is 10.6 Å². The van der Waals surface area contributed by atoms with Gasteiger partial charge in [-0.2, -0.15) is 0 Å². The molecule has 0 amide bonds. The molecule has 0 spiro atoms. The molecule has 8 heteroatoms. The van der Waals surface area contributed by atoms with E-state index in [1.807, 2.05) is 59.1 Å². The fourth-order valence-electron chi connectivity index (χ4n) is 2.62. The van der Waals surface area contributed by atoms with Crippen molar-refractivity contribution >= 4 is 46.4 Å². The maximum atomic E-state index is 11.7. The van der Waals surface area contributed by atoms with Crippen LogP contribution in [0.3, 0.4) is 0 Å². The average molecular weight is 415 g/mol. The van der Waals surface area contributed by atoms with Crippen LogP contribution in [-0.4, -0.2) is 39.4 Å². The summed E-state index contributed by atoms with van der Waals surface area (Å²) < 4.78 is 7.00. The van der Waals surface area contributed by atoms with Crippen LogP contribution >= 0.6 is 24.0 Å². The number of imidazole rings is 1. The summed E-state index contributed by atoms with van der Waals surface area (Å²) in [5.41, 5.74) is 2.49. The standard InChI is InChI=1S/C20H22N4O2S2/c1-2-26-19(25)13-16-14-24-17(22-16)9-6-10-18(24)28-12-11-21-20(27)23-15-7-4-3-5-8-15/h3-10,14H,2,11-13H2,1H3,(H2,21,23,27). The van der Waals surface area contributed by atoms with Crippen LogP contribution in [0.4, 0.5) is 5.69 Å². The minimum Gasteiger partial charge on any atom is -0.466 e. The molecule has 0 fully saturated rings. The maximum absolute atomic E-state index is 11.7. The first-order valence-electron chi connectivity index (χ1n) is 9.01. The van der Waals surface area contributed by atoms with Gasteiger partial charge in [0.05, 0.1) is 23.7 Å². The lowest BCUT2D eigenvalue weighted by atomic mass is 10.3. The molecule has 146 valence electrons. The molecule has 0 aliphatic rings. The van der Waals surface area contributed by atoms with E-state index in [9.17, 15) is 4.79 Å². The van der Waals surface area contributed by atoms with E-state index in [-0.39, 0.29) is 12.4 Å². The highest BCUT2D eigenvalue weighted by atomic mass is 32.2. The molecule has 2 aromatic heterocycles. The van der Waals surface area contributed by atoms with Gasteiger partial charge in [-0.05, 0) is 43.4 Å². The van der Waals surface area contributed by atoms with Crippen LogP contribution in [0.25, 0.3) is 5.65 Å². The van der Waals surface area contributed by atoms with Gasteiger partial charge >= 0.3 is 5.97 Å². The van der Waals surface area contributed by atoms with Crippen LogP contribution in [0.2, 0.25) is 0 Å². The lowest BCUT2D eigenvalue weighted by Gasteiger charge is -2.10. The summed E-state index contributed by atoms with van der Waals surface area (Å²) in [6.45, 7) is 2.90. The normalized spacial score (nSPS) is 10.6. The second-order valence-corrected chi connectivity index (χ2v) is 7.43. The average Bonchev–Trinajstić information content (AvgIpc) is 3.09. The van der Waals surface area contributed by atoms with Crippen molar-refractivity contribution in [3.8, 4) is 0 Å². The van der Waals surface area contributed by atoms with Crippen molar-refractivity contribution in [2.45, 2.75) is 18.4 Å². The number of thioether (sulfide) groups is 1.